The summed E-state index contributed by atoms with van der Waals surface area (Å²) < 4.78 is 1.64. The van der Waals surface area contributed by atoms with Crippen molar-refractivity contribution in [2.75, 3.05) is 0 Å². The molecule has 1 aromatic carbocycles. The van der Waals surface area contributed by atoms with E-state index in [0.29, 0.717) is 28.1 Å². The Hall–Kier alpha value is -2.56. The monoisotopic (exact) mass is 252 g/mol. The highest BCUT2D eigenvalue weighted by Gasteiger charge is 2.17. The van der Waals surface area contributed by atoms with E-state index in [2.05, 4.69) is 15.1 Å². The third kappa shape index (κ3) is 1.89. The van der Waals surface area contributed by atoms with Crippen molar-refractivity contribution in [1.29, 1.82) is 0 Å². The van der Waals surface area contributed by atoms with Crippen LogP contribution in [0.1, 0.15) is 21.9 Å². The van der Waals surface area contributed by atoms with Gasteiger partial charge in [-0.15, -0.1) is 0 Å². The molecule has 5 nitrogen and oxygen atoms in total. The van der Waals surface area contributed by atoms with Crippen molar-refractivity contribution in [3.05, 3.63) is 53.6 Å². The maximum Gasteiger partial charge on any atom is 0.212 e. The van der Waals surface area contributed by atoms with Crippen LogP contribution in [0.15, 0.2) is 36.5 Å². The number of hydrogen-bond donors (Lipinski definition) is 0. The first kappa shape index (κ1) is 11.5. The van der Waals surface area contributed by atoms with Gasteiger partial charge >= 0.3 is 0 Å². The Morgan fingerprint density at radius 3 is 2.63 bits per heavy atom. The van der Waals surface area contributed by atoms with Crippen molar-refractivity contribution in [3.63, 3.8) is 0 Å². The maximum absolute atomic E-state index is 12.5. The number of carbonyl (C=O) groups is 1. The summed E-state index contributed by atoms with van der Waals surface area (Å²) in [7, 11) is 1.80. The molecule has 19 heavy (non-hydrogen) atoms. The van der Waals surface area contributed by atoms with Crippen LogP contribution in [0.4, 0.5) is 0 Å². The lowest BCUT2D eigenvalue weighted by Gasteiger charge is -2.03. The molecule has 0 saturated carbocycles. The van der Waals surface area contributed by atoms with Crippen LogP contribution in [0, 0.1) is 6.92 Å². The smallest absolute Gasteiger partial charge is 0.212 e. The highest BCUT2D eigenvalue weighted by molar-refractivity contribution is 6.14. The maximum atomic E-state index is 12.5. The average molecular weight is 252 g/mol. The normalized spacial score (nSPS) is 10.8. The number of benzene rings is 1. The number of ketones is 1. The number of hydrogen-bond acceptors (Lipinski definition) is 4. The third-order valence-electron chi connectivity index (χ3n) is 2.95. The Labute approximate surface area is 109 Å². The Balaban J connectivity index is 2.23. The molecule has 2 heterocycles. The standard InChI is InChI=1S/C14H12N4O/c1-9-16-12(11-8-15-18(2)14(11)17-9)13(19)10-6-4-3-5-7-10/h3-8H,1-2H3. The summed E-state index contributed by atoms with van der Waals surface area (Å²) in [5.41, 5.74) is 1.69. The second kappa shape index (κ2) is 4.28. The Bertz CT molecular complexity index is 762. The van der Waals surface area contributed by atoms with Crippen molar-refractivity contribution in [2.45, 2.75) is 6.92 Å². The van der Waals surface area contributed by atoms with E-state index in [1.54, 1.807) is 37.0 Å². The first-order valence-corrected chi connectivity index (χ1v) is 5.93. The van der Waals surface area contributed by atoms with Gasteiger partial charge in [-0.3, -0.25) is 9.48 Å². The molecule has 0 radical (unpaired) electrons. The third-order valence-corrected chi connectivity index (χ3v) is 2.95. The van der Waals surface area contributed by atoms with Gasteiger partial charge in [0.1, 0.15) is 11.5 Å². The summed E-state index contributed by atoms with van der Waals surface area (Å²) in [5.74, 6) is 0.458. The van der Waals surface area contributed by atoms with Crippen molar-refractivity contribution >= 4 is 16.8 Å². The minimum absolute atomic E-state index is 0.107. The predicted molar refractivity (Wildman–Crippen MR) is 70.9 cm³/mol. The molecule has 0 aliphatic heterocycles. The fourth-order valence-corrected chi connectivity index (χ4v) is 2.03. The molecule has 3 rings (SSSR count). The number of aromatic nitrogens is 4. The molecule has 0 bridgehead atoms. The Morgan fingerprint density at radius 1 is 1.16 bits per heavy atom. The molecule has 0 aliphatic rings. The van der Waals surface area contributed by atoms with Crippen LogP contribution < -0.4 is 0 Å². The zero-order chi connectivity index (χ0) is 13.4. The summed E-state index contributed by atoms with van der Waals surface area (Å²) in [6.07, 6.45) is 1.63. The molecule has 5 heteroatoms. The van der Waals surface area contributed by atoms with Gasteiger partial charge in [0.05, 0.1) is 11.6 Å². The van der Waals surface area contributed by atoms with Gasteiger partial charge in [0.25, 0.3) is 0 Å². The zero-order valence-corrected chi connectivity index (χ0v) is 10.7. The van der Waals surface area contributed by atoms with Crippen LogP contribution in [0.25, 0.3) is 11.0 Å². The second-order valence-electron chi connectivity index (χ2n) is 4.32. The van der Waals surface area contributed by atoms with E-state index in [1.165, 1.54) is 0 Å². The molecule has 2 aromatic heterocycles. The summed E-state index contributed by atoms with van der Waals surface area (Å²) in [4.78, 5) is 21.1. The molecule has 0 atom stereocenters. The van der Waals surface area contributed by atoms with Gasteiger partial charge in [0.2, 0.25) is 5.78 Å². The molecule has 94 valence electrons. The van der Waals surface area contributed by atoms with Gasteiger partial charge in [0.15, 0.2) is 5.65 Å². The minimum Gasteiger partial charge on any atom is -0.287 e. The van der Waals surface area contributed by atoms with Crippen molar-refractivity contribution in [3.8, 4) is 0 Å². The topological polar surface area (TPSA) is 60.7 Å². The molecule has 0 unspecified atom stereocenters. The summed E-state index contributed by atoms with van der Waals surface area (Å²) in [6.45, 7) is 1.77. The van der Waals surface area contributed by atoms with E-state index >= 15 is 0 Å². The second-order valence-corrected chi connectivity index (χ2v) is 4.32. The molecule has 0 saturated heterocycles. The van der Waals surface area contributed by atoms with Gasteiger partial charge in [-0.1, -0.05) is 30.3 Å². The Morgan fingerprint density at radius 2 is 1.89 bits per heavy atom. The van der Waals surface area contributed by atoms with Crippen LogP contribution in [-0.4, -0.2) is 25.5 Å². The summed E-state index contributed by atoms with van der Waals surface area (Å²) >= 11 is 0. The van der Waals surface area contributed by atoms with Crippen LogP contribution in [0.2, 0.25) is 0 Å². The summed E-state index contributed by atoms with van der Waals surface area (Å²) in [5, 5.41) is 4.82. The fourth-order valence-electron chi connectivity index (χ4n) is 2.03. The Kier molecular flexibility index (Phi) is 2.59. The van der Waals surface area contributed by atoms with Gasteiger partial charge in [-0.05, 0) is 6.92 Å². The molecule has 0 spiro atoms. The average Bonchev–Trinajstić information content (AvgIpc) is 2.80. The van der Waals surface area contributed by atoms with Crippen molar-refractivity contribution < 1.29 is 4.79 Å². The molecule has 0 amide bonds. The molecule has 0 N–H and O–H groups in total. The molecule has 3 aromatic rings. The van der Waals surface area contributed by atoms with Crippen molar-refractivity contribution in [1.82, 2.24) is 19.7 Å². The van der Waals surface area contributed by atoms with Crippen LogP contribution >= 0.6 is 0 Å². The number of rotatable bonds is 2. The van der Waals surface area contributed by atoms with E-state index in [9.17, 15) is 4.79 Å². The van der Waals surface area contributed by atoms with E-state index < -0.39 is 0 Å². The van der Waals surface area contributed by atoms with E-state index in [4.69, 9.17) is 0 Å². The number of carbonyl (C=O) groups excluding carboxylic acids is 1. The van der Waals surface area contributed by atoms with Crippen LogP contribution in [0.3, 0.4) is 0 Å². The molecule has 0 fully saturated rings. The number of aryl methyl sites for hydroxylation is 2. The number of fused-ring (bicyclic) bond motifs is 1. The van der Waals surface area contributed by atoms with Gasteiger partial charge in [-0.25, -0.2) is 9.97 Å². The lowest BCUT2D eigenvalue weighted by molar-refractivity contribution is 0.103. The van der Waals surface area contributed by atoms with Crippen LogP contribution in [0.5, 0.6) is 0 Å². The zero-order valence-electron chi connectivity index (χ0n) is 10.7. The molecular formula is C14H12N4O. The van der Waals surface area contributed by atoms with Gasteiger partial charge in [-0.2, -0.15) is 5.10 Å². The highest BCUT2D eigenvalue weighted by Crippen LogP contribution is 2.18. The van der Waals surface area contributed by atoms with E-state index in [0.717, 1.165) is 0 Å². The van der Waals surface area contributed by atoms with E-state index in [-0.39, 0.29) is 5.78 Å². The fraction of sp³-hybridized carbons (Fsp3) is 0.143. The SMILES string of the molecule is Cc1nc(C(=O)c2ccccc2)c2cnn(C)c2n1. The predicted octanol–water partition coefficient (Wildman–Crippen LogP) is 1.90. The minimum atomic E-state index is -0.107. The number of nitrogens with zero attached hydrogens (tertiary/aromatic N) is 4. The van der Waals surface area contributed by atoms with E-state index in [1.807, 2.05) is 18.2 Å². The summed E-state index contributed by atoms with van der Waals surface area (Å²) in [6, 6.07) is 9.11. The van der Waals surface area contributed by atoms with Gasteiger partial charge in [0, 0.05) is 12.6 Å². The van der Waals surface area contributed by atoms with Crippen molar-refractivity contribution in [2.24, 2.45) is 7.05 Å². The molecule has 0 aliphatic carbocycles. The lowest BCUT2D eigenvalue weighted by Crippen LogP contribution is -2.07. The van der Waals surface area contributed by atoms with Gasteiger partial charge < -0.3 is 0 Å². The lowest BCUT2D eigenvalue weighted by atomic mass is 10.1. The first-order valence-electron chi connectivity index (χ1n) is 5.93. The molecular weight excluding hydrogens is 240 g/mol. The largest absolute Gasteiger partial charge is 0.287 e. The first-order chi connectivity index (χ1) is 9.16. The quantitative estimate of drug-likeness (QED) is 0.653. The highest BCUT2D eigenvalue weighted by atomic mass is 16.1. The van der Waals surface area contributed by atoms with Crippen LogP contribution in [-0.2, 0) is 7.05 Å².